The van der Waals surface area contributed by atoms with Crippen LogP contribution in [0.5, 0.6) is 0 Å². The molecular weight excluding hydrogens is 378 g/mol. The summed E-state index contributed by atoms with van der Waals surface area (Å²) in [6, 6.07) is 4.88. The molecule has 2 N–H and O–H groups in total. The third-order valence-corrected chi connectivity index (χ3v) is 6.81. The topological polar surface area (TPSA) is 78.5 Å². The molecule has 0 saturated carbocycles. The van der Waals surface area contributed by atoms with Crippen LogP contribution in [0.2, 0.25) is 5.02 Å². The first-order chi connectivity index (χ1) is 13.2. The fourth-order valence-electron chi connectivity index (χ4n) is 5.14. The molecular formula is C21H26ClN3O3. The first kappa shape index (κ1) is 19.4. The van der Waals surface area contributed by atoms with Crippen molar-refractivity contribution in [3.63, 3.8) is 0 Å². The Balaban J connectivity index is 1.89. The molecule has 1 spiro atoms. The fraction of sp³-hybridized carbons (Fsp3) is 0.571. The molecule has 28 heavy (non-hydrogen) atoms. The van der Waals surface area contributed by atoms with E-state index in [2.05, 4.69) is 24.5 Å². The van der Waals surface area contributed by atoms with Gasteiger partial charge in [0.2, 0.25) is 17.7 Å². The number of fused-ring (bicyclic) bond motifs is 4. The van der Waals surface area contributed by atoms with Gasteiger partial charge in [0.05, 0.1) is 22.5 Å². The van der Waals surface area contributed by atoms with Crippen LogP contribution < -0.4 is 10.6 Å². The minimum atomic E-state index is -1.25. The van der Waals surface area contributed by atoms with Crippen LogP contribution in [0.15, 0.2) is 18.2 Å². The van der Waals surface area contributed by atoms with Crippen LogP contribution in [-0.2, 0) is 19.9 Å². The van der Waals surface area contributed by atoms with Crippen molar-refractivity contribution in [2.24, 2.45) is 17.8 Å². The van der Waals surface area contributed by atoms with E-state index in [4.69, 9.17) is 11.6 Å². The average molecular weight is 404 g/mol. The van der Waals surface area contributed by atoms with Crippen molar-refractivity contribution in [2.75, 3.05) is 5.32 Å². The molecule has 0 unspecified atom stereocenters. The number of anilines is 1. The Morgan fingerprint density at radius 1 is 1.18 bits per heavy atom. The zero-order valence-electron chi connectivity index (χ0n) is 16.6. The fourth-order valence-corrected chi connectivity index (χ4v) is 5.36. The van der Waals surface area contributed by atoms with E-state index in [-0.39, 0.29) is 29.8 Å². The largest absolute Gasteiger partial charge is 0.323 e. The van der Waals surface area contributed by atoms with Gasteiger partial charge in [0.15, 0.2) is 0 Å². The maximum Gasteiger partial charge on any atom is 0.250 e. The third-order valence-electron chi connectivity index (χ3n) is 6.49. The molecule has 6 nitrogen and oxygen atoms in total. The molecule has 2 fully saturated rings. The van der Waals surface area contributed by atoms with E-state index in [0.29, 0.717) is 35.0 Å². The van der Waals surface area contributed by atoms with E-state index in [9.17, 15) is 14.4 Å². The number of carbonyl (C=O) groups is 3. The van der Waals surface area contributed by atoms with Gasteiger partial charge in [0, 0.05) is 17.6 Å². The van der Waals surface area contributed by atoms with Crippen molar-refractivity contribution in [1.82, 2.24) is 10.2 Å². The number of nitrogens with one attached hydrogen (secondary N) is 2. The Morgan fingerprint density at radius 2 is 1.89 bits per heavy atom. The Labute approximate surface area is 170 Å². The van der Waals surface area contributed by atoms with Gasteiger partial charge >= 0.3 is 0 Å². The van der Waals surface area contributed by atoms with Crippen molar-refractivity contribution in [1.29, 1.82) is 0 Å². The number of rotatable bonds is 4. The summed E-state index contributed by atoms with van der Waals surface area (Å²) in [7, 11) is 0. The molecule has 3 aliphatic rings. The zero-order valence-corrected chi connectivity index (χ0v) is 17.3. The highest BCUT2D eigenvalue weighted by Crippen LogP contribution is 2.55. The lowest BCUT2D eigenvalue weighted by Crippen LogP contribution is -2.54. The Morgan fingerprint density at radius 3 is 2.54 bits per heavy atom. The molecule has 7 heteroatoms. The zero-order chi connectivity index (χ0) is 20.4. The van der Waals surface area contributed by atoms with Crippen molar-refractivity contribution in [2.45, 2.75) is 58.2 Å². The number of hydrogen-bond acceptors (Lipinski definition) is 4. The summed E-state index contributed by atoms with van der Waals surface area (Å²) < 4.78 is 0. The highest BCUT2D eigenvalue weighted by molar-refractivity contribution is 6.35. The number of carbonyl (C=O) groups excluding carboxylic acids is 3. The van der Waals surface area contributed by atoms with Gasteiger partial charge in [0.1, 0.15) is 5.54 Å². The van der Waals surface area contributed by atoms with Gasteiger partial charge in [-0.1, -0.05) is 44.5 Å². The summed E-state index contributed by atoms with van der Waals surface area (Å²) in [5, 5.41) is 6.73. The molecule has 0 aliphatic carbocycles. The molecule has 4 rings (SSSR count). The van der Waals surface area contributed by atoms with Gasteiger partial charge in [-0.2, -0.15) is 0 Å². The number of para-hydroxylation sites is 1. The van der Waals surface area contributed by atoms with Gasteiger partial charge in [0.25, 0.3) is 0 Å². The van der Waals surface area contributed by atoms with E-state index in [0.717, 1.165) is 0 Å². The molecule has 3 amide bonds. The van der Waals surface area contributed by atoms with Crippen LogP contribution in [0.3, 0.4) is 0 Å². The second kappa shape index (κ2) is 6.56. The molecule has 2 saturated heterocycles. The molecule has 0 aromatic heterocycles. The number of imide groups is 1. The summed E-state index contributed by atoms with van der Waals surface area (Å²) in [6.07, 6.45) is 1.39. The lowest BCUT2D eigenvalue weighted by Gasteiger charge is -2.31. The number of benzene rings is 1. The standard InChI is InChI=1S/C21H26ClN3O3/c1-5-11(4)25-18(26)15-14(9-10(2)3)24-21(16(15)19(25)27)12-7-6-8-13(22)17(12)23-20(21)28/h6-8,10-11,14-16,24H,5,9H2,1-4H3,(H,23,28)/t11-,14+,15+,16-,21+/m0/s1. The smallest absolute Gasteiger partial charge is 0.250 e. The highest BCUT2D eigenvalue weighted by Gasteiger charge is 2.70. The predicted octanol–water partition coefficient (Wildman–Crippen LogP) is 2.91. The number of halogens is 1. The molecule has 5 atom stereocenters. The molecule has 150 valence electrons. The summed E-state index contributed by atoms with van der Waals surface area (Å²) in [6.45, 7) is 7.99. The molecule has 1 aromatic carbocycles. The summed E-state index contributed by atoms with van der Waals surface area (Å²) in [5.41, 5.74) is -0.0503. The van der Waals surface area contributed by atoms with Crippen molar-refractivity contribution in [3.05, 3.63) is 28.8 Å². The lowest BCUT2D eigenvalue weighted by molar-refractivity contribution is -0.145. The summed E-state index contributed by atoms with van der Waals surface area (Å²) in [5.74, 6) is -1.70. The van der Waals surface area contributed by atoms with E-state index < -0.39 is 17.4 Å². The van der Waals surface area contributed by atoms with Crippen LogP contribution in [0.4, 0.5) is 5.69 Å². The van der Waals surface area contributed by atoms with Crippen molar-refractivity contribution in [3.8, 4) is 0 Å². The van der Waals surface area contributed by atoms with Crippen molar-refractivity contribution >= 4 is 35.0 Å². The van der Waals surface area contributed by atoms with E-state index in [1.807, 2.05) is 19.9 Å². The molecule has 3 aliphatic heterocycles. The Hall–Kier alpha value is -1.92. The minimum absolute atomic E-state index is 0.164. The van der Waals surface area contributed by atoms with Gasteiger partial charge in [-0.25, -0.2) is 0 Å². The Bertz CT molecular complexity index is 870. The quantitative estimate of drug-likeness (QED) is 0.757. The number of amides is 3. The SMILES string of the molecule is CC[C@H](C)N1C(=O)[C@H]2[C@@H](C1=O)[C@@]1(N[C@@H]2CC(C)C)C(=O)Nc2c(Cl)cccc21. The number of likely N-dealkylation sites (tertiary alicyclic amines) is 1. The van der Waals surface area contributed by atoms with Gasteiger partial charge < -0.3 is 5.32 Å². The van der Waals surface area contributed by atoms with Crippen LogP contribution in [0.1, 0.15) is 46.1 Å². The molecule has 3 heterocycles. The first-order valence-electron chi connectivity index (χ1n) is 9.99. The molecule has 0 radical (unpaired) electrons. The van der Waals surface area contributed by atoms with Crippen molar-refractivity contribution < 1.29 is 14.4 Å². The highest BCUT2D eigenvalue weighted by atomic mass is 35.5. The van der Waals surface area contributed by atoms with E-state index >= 15 is 0 Å². The van der Waals surface area contributed by atoms with E-state index in [1.54, 1.807) is 12.1 Å². The van der Waals surface area contributed by atoms with Crippen LogP contribution in [0.25, 0.3) is 0 Å². The number of nitrogens with zero attached hydrogens (tertiary/aromatic N) is 1. The Kier molecular flexibility index (Phi) is 4.55. The monoisotopic (exact) mass is 403 g/mol. The second-order valence-electron chi connectivity index (χ2n) is 8.61. The average Bonchev–Trinajstić information content (AvgIpc) is 3.21. The van der Waals surface area contributed by atoms with Gasteiger partial charge in [-0.05, 0) is 31.7 Å². The predicted molar refractivity (Wildman–Crippen MR) is 107 cm³/mol. The number of hydrogen-bond donors (Lipinski definition) is 2. The maximum absolute atomic E-state index is 13.5. The first-order valence-corrected chi connectivity index (χ1v) is 10.4. The lowest BCUT2D eigenvalue weighted by atomic mass is 9.76. The second-order valence-corrected chi connectivity index (χ2v) is 9.02. The maximum atomic E-state index is 13.5. The molecule has 1 aromatic rings. The summed E-state index contributed by atoms with van der Waals surface area (Å²) in [4.78, 5) is 41.5. The van der Waals surface area contributed by atoms with E-state index in [1.165, 1.54) is 4.90 Å². The molecule has 0 bridgehead atoms. The van der Waals surface area contributed by atoms with Crippen LogP contribution in [0, 0.1) is 17.8 Å². The van der Waals surface area contributed by atoms with Gasteiger partial charge in [-0.3, -0.25) is 24.6 Å². The normalized spacial score (nSPS) is 32.3. The van der Waals surface area contributed by atoms with Gasteiger partial charge in [-0.15, -0.1) is 0 Å². The van der Waals surface area contributed by atoms with Crippen LogP contribution >= 0.6 is 11.6 Å². The summed E-state index contributed by atoms with van der Waals surface area (Å²) >= 11 is 6.32. The van der Waals surface area contributed by atoms with Crippen LogP contribution in [-0.4, -0.2) is 34.7 Å². The third kappa shape index (κ3) is 2.40. The minimum Gasteiger partial charge on any atom is -0.323 e.